The Morgan fingerprint density at radius 3 is 2.86 bits per heavy atom. The second-order valence-electron chi connectivity index (χ2n) is 5.70. The van der Waals surface area contributed by atoms with Crippen LogP contribution in [0.25, 0.3) is 0 Å². The van der Waals surface area contributed by atoms with Crippen molar-refractivity contribution in [1.29, 1.82) is 0 Å². The van der Waals surface area contributed by atoms with Gasteiger partial charge in [-0.25, -0.2) is 4.98 Å². The molecular formula is C17H22N2OS. The number of hydrogen-bond donors (Lipinski definition) is 1. The molecule has 1 fully saturated rings. The van der Waals surface area contributed by atoms with Crippen LogP contribution in [-0.4, -0.2) is 11.1 Å². The maximum Gasteiger partial charge on any atom is 0.121 e. The highest BCUT2D eigenvalue weighted by Gasteiger charge is 2.16. The monoisotopic (exact) mass is 302 g/mol. The Morgan fingerprint density at radius 2 is 2.14 bits per heavy atom. The van der Waals surface area contributed by atoms with E-state index in [-0.39, 0.29) is 6.04 Å². The molecular weight excluding hydrogens is 280 g/mol. The Hall–Kier alpha value is -1.55. The van der Waals surface area contributed by atoms with Crippen LogP contribution in [0.15, 0.2) is 30.5 Å². The lowest BCUT2D eigenvalue weighted by Gasteiger charge is -2.16. The fraction of sp³-hybridized carbons (Fsp3) is 0.471. The number of anilines is 1. The zero-order valence-electron chi connectivity index (χ0n) is 12.6. The van der Waals surface area contributed by atoms with Crippen LogP contribution in [0, 0.1) is 6.92 Å². The van der Waals surface area contributed by atoms with Crippen LogP contribution in [-0.2, 0) is 0 Å². The summed E-state index contributed by atoms with van der Waals surface area (Å²) >= 11 is 1.74. The molecule has 1 saturated carbocycles. The van der Waals surface area contributed by atoms with Crippen LogP contribution in [0.4, 0.5) is 5.69 Å². The quantitative estimate of drug-likeness (QED) is 0.849. The fourth-order valence-corrected chi connectivity index (χ4v) is 3.54. The number of hydrogen-bond acceptors (Lipinski definition) is 4. The highest BCUT2D eigenvalue weighted by molar-refractivity contribution is 7.11. The molecule has 1 aromatic heterocycles. The molecule has 0 amide bonds. The van der Waals surface area contributed by atoms with E-state index in [2.05, 4.69) is 35.4 Å². The van der Waals surface area contributed by atoms with E-state index in [1.54, 1.807) is 11.3 Å². The summed E-state index contributed by atoms with van der Waals surface area (Å²) in [6.45, 7) is 4.20. The van der Waals surface area contributed by atoms with Gasteiger partial charge in [-0.15, -0.1) is 11.3 Å². The lowest BCUT2D eigenvalue weighted by Crippen LogP contribution is -2.11. The molecule has 1 unspecified atom stereocenters. The minimum Gasteiger partial charge on any atom is -0.490 e. The minimum atomic E-state index is 0.262. The maximum absolute atomic E-state index is 6.06. The molecule has 0 spiro atoms. The van der Waals surface area contributed by atoms with E-state index >= 15 is 0 Å². The van der Waals surface area contributed by atoms with Crippen LogP contribution in [0.2, 0.25) is 0 Å². The predicted octanol–water partition coefficient (Wildman–Crippen LogP) is 4.95. The van der Waals surface area contributed by atoms with Crippen molar-refractivity contribution < 1.29 is 4.74 Å². The van der Waals surface area contributed by atoms with Crippen LogP contribution in [0.3, 0.4) is 0 Å². The van der Waals surface area contributed by atoms with Crippen molar-refractivity contribution in [3.05, 3.63) is 40.3 Å². The van der Waals surface area contributed by atoms with E-state index in [0.717, 1.165) is 16.4 Å². The second kappa shape index (κ2) is 6.48. The Kier molecular flexibility index (Phi) is 4.44. The van der Waals surface area contributed by atoms with Crippen molar-refractivity contribution in [2.45, 2.75) is 51.7 Å². The van der Waals surface area contributed by atoms with E-state index in [1.165, 1.54) is 30.6 Å². The van der Waals surface area contributed by atoms with Gasteiger partial charge in [-0.2, -0.15) is 0 Å². The van der Waals surface area contributed by atoms with Crippen LogP contribution >= 0.6 is 11.3 Å². The summed E-state index contributed by atoms with van der Waals surface area (Å²) in [5.41, 5.74) is 1.10. The molecule has 2 aromatic rings. The topological polar surface area (TPSA) is 34.2 Å². The molecule has 3 nitrogen and oxygen atoms in total. The molecule has 1 atom stereocenters. The summed E-state index contributed by atoms with van der Waals surface area (Å²) in [6.07, 6.45) is 7.33. The second-order valence-corrected chi connectivity index (χ2v) is 6.97. The van der Waals surface area contributed by atoms with Gasteiger partial charge in [-0.1, -0.05) is 6.07 Å². The average molecular weight is 302 g/mol. The summed E-state index contributed by atoms with van der Waals surface area (Å²) in [5, 5.41) is 4.64. The normalized spacial score (nSPS) is 16.9. The Balaban J connectivity index is 1.65. The number of aryl methyl sites for hydroxylation is 1. The van der Waals surface area contributed by atoms with Gasteiger partial charge in [-0.05, 0) is 51.7 Å². The number of rotatable bonds is 5. The molecule has 0 radical (unpaired) electrons. The number of aromatic nitrogens is 1. The number of benzene rings is 1. The van der Waals surface area contributed by atoms with Crippen LogP contribution in [0.1, 0.15) is 48.5 Å². The van der Waals surface area contributed by atoms with Crippen LogP contribution in [0.5, 0.6) is 5.75 Å². The standard InChI is InChI=1S/C17H22N2OS/c1-12(17-11-18-13(2)21-17)19-14-6-5-9-16(10-14)20-15-7-3-4-8-15/h5-6,9-12,15,19H,3-4,7-8H2,1-2H3. The molecule has 1 aromatic carbocycles. The lowest BCUT2D eigenvalue weighted by molar-refractivity contribution is 0.210. The van der Waals surface area contributed by atoms with Gasteiger partial charge in [0.25, 0.3) is 0 Å². The van der Waals surface area contributed by atoms with E-state index in [4.69, 9.17) is 4.74 Å². The number of nitrogens with one attached hydrogen (secondary N) is 1. The predicted molar refractivity (Wildman–Crippen MR) is 88.2 cm³/mol. The maximum atomic E-state index is 6.06. The van der Waals surface area contributed by atoms with Gasteiger partial charge in [0.2, 0.25) is 0 Å². The third-order valence-electron chi connectivity index (χ3n) is 3.89. The Labute approximate surface area is 130 Å². The van der Waals surface area contributed by atoms with Crippen molar-refractivity contribution in [3.8, 4) is 5.75 Å². The summed E-state index contributed by atoms with van der Waals surface area (Å²) in [4.78, 5) is 5.58. The van der Waals surface area contributed by atoms with E-state index in [0.29, 0.717) is 6.10 Å². The van der Waals surface area contributed by atoms with Gasteiger partial charge in [-0.3, -0.25) is 0 Å². The first-order valence-corrected chi connectivity index (χ1v) is 8.48. The van der Waals surface area contributed by atoms with Crippen molar-refractivity contribution in [1.82, 2.24) is 4.98 Å². The molecule has 1 aliphatic carbocycles. The molecule has 1 aliphatic rings. The molecule has 0 aliphatic heterocycles. The van der Waals surface area contributed by atoms with Gasteiger partial charge in [0, 0.05) is 22.8 Å². The van der Waals surface area contributed by atoms with Crippen molar-refractivity contribution in [2.24, 2.45) is 0 Å². The highest BCUT2D eigenvalue weighted by atomic mass is 32.1. The van der Waals surface area contributed by atoms with E-state index in [9.17, 15) is 0 Å². The molecule has 3 rings (SSSR count). The molecule has 0 saturated heterocycles. The largest absolute Gasteiger partial charge is 0.490 e. The first-order chi connectivity index (χ1) is 10.2. The summed E-state index contributed by atoms with van der Waals surface area (Å²) in [7, 11) is 0. The number of nitrogens with zero attached hydrogens (tertiary/aromatic N) is 1. The van der Waals surface area contributed by atoms with Crippen molar-refractivity contribution >= 4 is 17.0 Å². The molecule has 4 heteroatoms. The third kappa shape index (κ3) is 3.76. The number of thiazole rings is 1. The Bertz CT molecular complexity index is 590. The van der Waals surface area contributed by atoms with E-state index in [1.807, 2.05) is 19.2 Å². The lowest BCUT2D eigenvalue weighted by atomic mass is 10.2. The molecule has 21 heavy (non-hydrogen) atoms. The van der Waals surface area contributed by atoms with Gasteiger partial charge >= 0.3 is 0 Å². The SMILES string of the molecule is Cc1ncc(C(C)Nc2cccc(OC3CCCC3)c2)s1. The van der Waals surface area contributed by atoms with Gasteiger partial charge < -0.3 is 10.1 Å². The van der Waals surface area contributed by atoms with Crippen molar-refractivity contribution in [2.75, 3.05) is 5.32 Å². The molecule has 1 heterocycles. The summed E-state index contributed by atoms with van der Waals surface area (Å²) < 4.78 is 6.06. The first-order valence-electron chi connectivity index (χ1n) is 7.66. The van der Waals surface area contributed by atoms with E-state index < -0.39 is 0 Å². The van der Waals surface area contributed by atoms with Gasteiger partial charge in [0.05, 0.1) is 17.2 Å². The summed E-state index contributed by atoms with van der Waals surface area (Å²) in [6, 6.07) is 8.55. The molecule has 0 bridgehead atoms. The van der Waals surface area contributed by atoms with Gasteiger partial charge in [0.1, 0.15) is 5.75 Å². The Morgan fingerprint density at radius 1 is 1.33 bits per heavy atom. The molecule has 1 N–H and O–H groups in total. The van der Waals surface area contributed by atoms with Gasteiger partial charge in [0.15, 0.2) is 0 Å². The molecule has 112 valence electrons. The van der Waals surface area contributed by atoms with Crippen molar-refractivity contribution in [3.63, 3.8) is 0 Å². The summed E-state index contributed by atoms with van der Waals surface area (Å²) in [5.74, 6) is 0.972. The minimum absolute atomic E-state index is 0.262. The first kappa shape index (κ1) is 14.4. The smallest absolute Gasteiger partial charge is 0.121 e. The average Bonchev–Trinajstić information content (AvgIpc) is 3.11. The highest BCUT2D eigenvalue weighted by Crippen LogP contribution is 2.28. The number of ether oxygens (including phenoxy) is 1. The van der Waals surface area contributed by atoms with Crippen LogP contribution < -0.4 is 10.1 Å². The zero-order valence-corrected chi connectivity index (χ0v) is 13.5. The fourth-order valence-electron chi connectivity index (χ4n) is 2.76. The third-order valence-corrected chi connectivity index (χ3v) is 4.98. The zero-order chi connectivity index (χ0) is 14.7.